The van der Waals surface area contributed by atoms with E-state index in [1.165, 1.54) is 0 Å². The largest absolute Gasteiger partial charge is 0.319 e. The molecule has 2 atom stereocenters. The van der Waals surface area contributed by atoms with Crippen LogP contribution in [0.2, 0.25) is 0 Å². The molecule has 0 bridgehead atoms. The van der Waals surface area contributed by atoms with Crippen molar-refractivity contribution in [3.05, 3.63) is 24.9 Å². The van der Waals surface area contributed by atoms with Gasteiger partial charge in [0.15, 0.2) is 0 Å². The number of allylic oxidation sites excluding steroid dienone is 2. The molecule has 2 heterocycles. The fourth-order valence-corrected chi connectivity index (χ4v) is 4.79. The van der Waals surface area contributed by atoms with E-state index in [0.717, 1.165) is 43.6 Å². The van der Waals surface area contributed by atoms with Gasteiger partial charge in [0.2, 0.25) is 5.91 Å². The maximum absolute atomic E-state index is 13.1. The molecule has 154 valence electrons. The van der Waals surface area contributed by atoms with Gasteiger partial charge >= 0.3 is 0 Å². The van der Waals surface area contributed by atoms with Crippen molar-refractivity contribution in [2.75, 3.05) is 13.1 Å². The lowest BCUT2D eigenvalue weighted by Crippen LogP contribution is -2.47. The van der Waals surface area contributed by atoms with E-state index in [0.29, 0.717) is 38.8 Å². The van der Waals surface area contributed by atoms with Gasteiger partial charge in [-0.05, 0) is 51.4 Å². The molecule has 28 heavy (non-hydrogen) atoms. The Morgan fingerprint density at radius 3 is 2.46 bits per heavy atom. The molecule has 2 amide bonds. The number of rotatable bonds is 9. The number of carbonyl (C=O) groups is 2. The lowest BCUT2D eigenvalue weighted by Gasteiger charge is -2.40. The Morgan fingerprint density at radius 1 is 1.14 bits per heavy atom. The van der Waals surface area contributed by atoms with E-state index in [9.17, 15) is 14.8 Å². The summed E-state index contributed by atoms with van der Waals surface area (Å²) in [6.45, 7) is 6.89. The van der Waals surface area contributed by atoms with Crippen LogP contribution in [-0.2, 0) is 9.59 Å². The van der Waals surface area contributed by atoms with Crippen molar-refractivity contribution >= 4 is 11.8 Å². The summed E-state index contributed by atoms with van der Waals surface area (Å²) in [7, 11) is 0. The fourth-order valence-electron chi connectivity index (χ4n) is 4.79. The Balaban J connectivity index is 2.13. The minimum atomic E-state index is -0.573. The molecular weight excluding hydrogens is 354 g/mol. The molecule has 0 aliphatic carbocycles. The molecule has 2 saturated heterocycles. The second kappa shape index (κ2) is 9.88. The summed E-state index contributed by atoms with van der Waals surface area (Å²) >= 11 is 0. The van der Waals surface area contributed by atoms with Gasteiger partial charge in [-0.3, -0.25) is 14.8 Å². The molecule has 0 aromatic carbocycles. The third-order valence-electron chi connectivity index (χ3n) is 6.26. The van der Waals surface area contributed by atoms with Crippen LogP contribution in [0, 0.1) is 22.2 Å². The van der Waals surface area contributed by atoms with Crippen molar-refractivity contribution in [3.8, 4) is 6.07 Å². The molecule has 2 rings (SSSR count). The van der Waals surface area contributed by atoms with Crippen LogP contribution in [0.1, 0.15) is 71.1 Å². The molecule has 2 aliphatic rings. The van der Waals surface area contributed by atoms with Gasteiger partial charge in [-0.1, -0.05) is 25.5 Å². The van der Waals surface area contributed by atoms with Crippen molar-refractivity contribution in [1.29, 1.82) is 5.26 Å². The number of carbonyl (C=O) groups excluding carboxylic acids is 2. The Bertz CT molecular complexity index is 650. The van der Waals surface area contributed by atoms with Gasteiger partial charge in [-0.15, -0.1) is 6.58 Å². The predicted molar refractivity (Wildman–Crippen MR) is 107 cm³/mol. The van der Waals surface area contributed by atoms with Crippen LogP contribution in [0.3, 0.4) is 0 Å². The Kier molecular flexibility index (Phi) is 7.82. The molecule has 0 saturated carbocycles. The van der Waals surface area contributed by atoms with Gasteiger partial charge in [0.1, 0.15) is 0 Å². The van der Waals surface area contributed by atoms with Crippen molar-refractivity contribution in [1.82, 2.24) is 9.96 Å². The van der Waals surface area contributed by atoms with Gasteiger partial charge in [-0.25, -0.2) is 5.06 Å². The van der Waals surface area contributed by atoms with Crippen LogP contribution in [0.15, 0.2) is 24.9 Å². The zero-order valence-corrected chi connectivity index (χ0v) is 17.0. The first-order chi connectivity index (χ1) is 13.4. The first kappa shape index (κ1) is 22.2. The molecule has 0 radical (unpaired) electrons. The molecule has 6 heteroatoms. The maximum atomic E-state index is 13.1. The highest BCUT2D eigenvalue weighted by Crippen LogP contribution is 2.41. The smallest absolute Gasteiger partial charge is 0.252 e. The highest BCUT2D eigenvalue weighted by Gasteiger charge is 2.43. The summed E-state index contributed by atoms with van der Waals surface area (Å²) < 4.78 is 0. The first-order valence-corrected chi connectivity index (χ1v) is 10.4. The lowest BCUT2D eigenvalue weighted by molar-refractivity contribution is -0.185. The van der Waals surface area contributed by atoms with E-state index >= 15 is 0 Å². The molecule has 0 aromatic rings. The van der Waals surface area contributed by atoms with Gasteiger partial charge in [0.05, 0.1) is 16.9 Å². The molecular formula is C22H33N3O3. The van der Waals surface area contributed by atoms with Gasteiger partial charge < -0.3 is 4.90 Å². The normalized spacial score (nSPS) is 28.6. The SMILES string of the molecule is C=CC[C@]1(CCC#N)CCCN(/C=C/C[C@]2(CCC)CCCN(O)C2=O)C1=O. The maximum Gasteiger partial charge on any atom is 0.252 e. The summed E-state index contributed by atoms with van der Waals surface area (Å²) in [6, 6.07) is 2.16. The number of hydroxylamine groups is 2. The predicted octanol–water partition coefficient (Wildman–Crippen LogP) is 4.18. The molecule has 0 unspecified atom stereocenters. The summed E-state index contributed by atoms with van der Waals surface area (Å²) in [6.07, 6.45) is 12.3. The average Bonchev–Trinajstić information content (AvgIpc) is 2.68. The van der Waals surface area contributed by atoms with E-state index in [2.05, 4.69) is 12.6 Å². The molecule has 6 nitrogen and oxygen atoms in total. The summed E-state index contributed by atoms with van der Waals surface area (Å²) in [4.78, 5) is 27.5. The summed E-state index contributed by atoms with van der Waals surface area (Å²) in [5.74, 6) is -0.154. The van der Waals surface area contributed by atoms with Gasteiger partial charge in [0.25, 0.3) is 5.91 Å². The average molecular weight is 388 g/mol. The minimum absolute atomic E-state index is 0.0495. The number of hydrogen-bond acceptors (Lipinski definition) is 4. The van der Waals surface area contributed by atoms with Crippen molar-refractivity contribution in [2.45, 2.75) is 71.1 Å². The summed E-state index contributed by atoms with van der Waals surface area (Å²) in [5, 5.41) is 19.7. The van der Waals surface area contributed by atoms with Crippen molar-refractivity contribution in [2.24, 2.45) is 10.8 Å². The van der Waals surface area contributed by atoms with E-state index < -0.39 is 10.8 Å². The third-order valence-corrected chi connectivity index (χ3v) is 6.26. The van der Waals surface area contributed by atoms with Crippen LogP contribution >= 0.6 is 0 Å². The van der Waals surface area contributed by atoms with Crippen LogP contribution in [-0.4, -0.2) is 40.1 Å². The monoisotopic (exact) mass is 387 g/mol. The lowest BCUT2D eigenvalue weighted by atomic mass is 9.72. The molecule has 1 N–H and O–H groups in total. The zero-order chi connectivity index (χ0) is 20.6. The minimum Gasteiger partial charge on any atom is -0.319 e. The molecule has 2 aliphatic heterocycles. The van der Waals surface area contributed by atoms with Gasteiger partial charge in [0, 0.05) is 25.7 Å². The van der Waals surface area contributed by atoms with E-state index in [4.69, 9.17) is 5.26 Å². The number of nitrogens with zero attached hydrogens (tertiary/aromatic N) is 3. The van der Waals surface area contributed by atoms with E-state index in [1.54, 1.807) is 11.0 Å². The number of likely N-dealkylation sites (tertiary alicyclic amines) is 1. The van der Waals surface area contributed by atoms with Crippen molar-refractivity contribution < 1.29 is 14.8 Å². The third kappa shape index (κ3) is 4.64. The Labute approximate surface area is 168 Å². The quantitative estimate of drug-likeness (QED) is 0.475. The van der Waals surface area contributed by atoms with Gasteiger partial charge in [-0.2, -0.15) is 5.26 Å². The standard InChI is InChI=1S/C22H33N3O3/c1-3-9-21(11-5-15-23)12-6-16-24(19(21)26)17-7-13-22(10-4-2)14-8-18-25(28)20(22)27/h3,7,17,28H,1,4-6,8-14,16,18H2,2H3/b17-7+/t21-,22+/m0/s1. The molecule has 2 fully saturated rings. The number of amides is 2. The number of piperidine rings is 2. The van der Waals surface area contributed by atoms with Crippen LogP contribution in [0.25, 0.3) is 0 Å². The van der Waals surface area contributed by atoms with Crippen LogP contribution in [0.4, 0.5) is 0 Å². The fraction of sp³-hybridized carbons (Fsp3) is 0.682. The molecule has 0 aromatic heterocycles. The topological polar surface area (TPSA) is 84.6 Å². The second-order valence-electron chi connectivity index (χ2n) is 8.18. The highest BCUT2D eigenvalue weighted by molar-refractivity contribution is 5.85. The Hall–Kier alpha value is -2.13. The van der Waals surface area contributed by atoms with Crippen LogP contribution in [0.5, 0.6) is 0 Å². The second-order valence-corrected chi connectivity index (χ2v) is 8.18. The van der Waals surface area contributed by atoms with E-state index in [-0.39, 0.29) is 11.8 Å². The van der Waals surface area contributed by atoms with Crippen molar-refractivity contribution in [3.63, 3.8) is 0 Å². The van der Waals surface area contributed by atoms with Crippen LogP contribution < -0.4 is 0 Å². The summed E-state index contributed by atoms with van der Waals surface area (Å²) in [5.41, 5.74) is -1.11. The first-order valence-electron chi connectivity index (χ1n) is 10.4. The zero-order valence-electron chi connectivity index (χ0n) is 17.0. The number of hydrogen-bond donors (Lipinski definition) is 1. The van der Waals surface area contributed by atoms with E-state index in [1.807, 2.05) is 19.2 Å². The molecule has 0 spiro atoms. The Morgan fingerprint density at radius 2 is 1.82 bits per heavy atom. The number of nitriles is 1. The highest BCUT2D eigenvalue weighted by atomic mass is 16.5.